The predicted molar refractivity (Wildman–Crippen MR) is 128 cm³/mol. The van der Waals surface area contributed by atoms with Crippen molar-refractivity contribution in [2.45, 2.75) is 20.3 Å². The molecule has 0 saturated heterocycles. The van der Waals surface area contributed by atoms with Crippen LogP contribution >= 0.6 is 0 Å². The number of hydrogen-bond acceptors (Lipinski definition) is 4. The Balaban J connectivity index is 1.42. The van der Waals surface area contributed by atoms with Crippen molar-refractivity contribution in [1.29, 1.82) is 0 Å². The summed E-state index contributed by atoms with van der Waals surface area (Å²) in [5.74, 6) is 0.456. The SMILES string of the molecule is Cc1ccccc1C(=O)Nc1ccc(C(=O)N2CCc3cnoc3-c3ccccc32)c(C)c1. The molecule has 0 saturated carbocycles. The number of anilines is 2. The minimum atomic E-state index is -0.171. The van der Waals surface area contributed by atoms with Gasteiger partial charge in [0, 0.05) is 34.5 Å². The van der Waals surface area contributed by atoms with Crippen molar-refractivity contribution in [3.63, 3.8) is 0 Å². The monoisotopic (exact) mass is 437 g/mol. The molecule has 0 bridgehead atoms. The second-order valence-corrected chi connectivity index (χ2v) is 8.20. The zero-order valence-electron chi connectivity index (χ0n) is 18.5. The van der Waals surface area contributed by atoms with Gasteiger partial charge in [-0.15, -0.1) is 0 Å². The second-order valence-electron chi connectivity index (χ2n) is 8.20. The number of carbonyl (C=O) groups is 2. The highest BCUT2D eigenvalue weighted by atomic mass is 16.5. The van der Waals surface area contributed by atoms with Crippen LogP contribution in [0.15, 0.2) is 77.4 Å². The zero-order valence-corrected chi connectivity index (χ0v) is 18.5. The average molecular weight is 437 g/mol. The predicted octanol–water partition coefficient (Wildman–Crippen LogP) is 5.41. The van der Waals surface area contributed by atoms with Crippen LogP contribution in [0.1, 0.15) is 37.4 Å². The Bertz CT molecular complexity index is 1370. The van der Waals surface area contributed by atoms with Crippen molar-refractivity contribution < 1.29 is 14.1 Å². The quantitative estimate of drug-likeness (QED) is 0.465. The molecule has 1 aromatic heterocycles. The number of carbonyl (C=O) groups excluding carboxylic acids is 2. The molecule has 4 aromatic rings. The van der Waals surface area contributed by atoms with Gasteiger partial charge in [0.05, 0.1) is 11.9 Å². The Morgan fingerprint density at radius 1 is 0.939 bits per heavy atom. The van der Waals surface area contributed by atoms with Gasteiger partial charge in [-0.3, -0.25) is 9.59 Å². The highest BCUT2D eigenvalue weighted by Crippen LogP contribution is 2.37. The summed E-state index contributed by atoms with van der Waals surface area (Å²) in [6.45, 7) is 4.31. The first-order valence-electron chi connectivity index (χ1n) is 10.9. The molecule has 1 aliphatic heterocycles. The lowest BCUT2D eigenvalue weighted by Crippen LogP contribution is -2.33. The Morgan fingerprint density at radius 3 is 2.55 bits per heavy atom. The molecule has 33 heavy (non-hydrogen) atoms. The third-order valence-corrected chi connectivity index (χ3v) is 6.04. The lowest BCUT2D eigenvalue weighted by molar-refractivity contribution is 0.0985. The molecule has 3 aromatic carbocycles. The summed E-state index contributed by atoms with van der Waals surface area (Å²) in [5, 5.41) is 6.87. The molecular weight excluding hydrogens is 414 g/mol. The molecule has 2 amide bonds. The summed E-state index contributed by atoms with van der Waals surface area (Å²) in [6, 6.07) is 20.5. The number of para-hydroxylation sites is 1. The van der Waals surface area contributed by atoms with Crippen molar-refractivity contribution in [3.8, 4) is 11.3 Å². The van der Waals surface area contributed by atoms with Gasteiger partial charge in [0.25, 0.3) is 11.8 Å². The highest BCUT2D eigenvalue weighted by molar-refractivity contribution is 6.10. The summed E-state index contributed by atoms with van der Waals surface area (Å²) in [4.78, 5) is 28.1. The van der Waals surface area contributed by atoms with E-state index in [1.807, 2.05) is 62.4 Å². The minimum absolute atomic E-state index is 0.0881. The van der Waals surface area contributed by atoms with Crippen LogP contribution in [-0.4, -0.2) is 23.5 Å². The molecule has 6 heteroatoms. The van der Waals surface area contributed by atoms with E-state index in [9.17, 15) is 9.59 Å². The van der Waals surface area contributed by atoms with Gasteiger partial charge in [0.1, 0.15) is 0 Å². The smallest absolute Gasteiger partial charge is 0.258 e. The molecule has 2 heterocycles. The third kappa shape index (κ3) is 3.80. The Kier molecular flexibility index (Phi) is 5.26. The van der Waals surface area contributed by atoms with Crippen LogP contribution in [-0.2, 0) is 6.42 Å². The standard InChI is InChI=1S/C27H23N3O3/c1-17-7-3-4-8-21(17)26(31)29-20-11-12-22(18(2)15-20)27(32)30-14-13-19-16-28-33-25(19)23-9-5-6-10-24(23)30/h3-12,15-16H,13-14H2,1-2H3,(H,29,31). The van der Waals surface area contributed by atoms with Crippen molar-refractivity contribution in [1.82, 2.24) is 5.16 Å². The molecule has 6 nitrogen and oxygen atoms in total. The molecule has 1 N–H and O–H groups in total. The van der Waals surface area contributed by atoms with Crippen molar-refractivity contribution >= 4 is 23.2 Å². The summed E-state index contributed by atoms with van der Waals surface area (Å²) in [6.07, 6.45) is 2.38. The third-order valence-electron chi connectivity index (χ3n) is 6.04. The van der Waals surface area contributed by atoms with Crippen LogP contribution < -0.4 is 10.2 Å². The molecule has 0 radical (unpaired) electrons. The van der Waals surface area contributed by atoms with Crippen LogP contribution in [0.5, 0.6) is 0 Å². The number of hydrogen-bond donors (Lipinski definition) is 1. The number of amides is 2. The van der Waals surface area contributed by atoms with Crippen LogP contribution in [0.3, 0.4) is 0 Å². The molecule has 0 spiro atoms. The minimum Gasteiger partial charge on any atom is -0.356 e. The van der Waals surface area contributed by atoms with Gasteiger partial charge in [-0.1, -0.05) is 35.5 Å². The maximum absolute atomic E-state index is 13.6. The molecule has 0 atom stereocenters. The lowest BCUT2D eigenvalue weighted by atomic mass is 10.0. The fourth-order valence-corrected chi connectivity index (χ4v) is 4.28. The normalized spacial score (nSPS) is 12.5. The maximum atomic E-state index is 13.6. The number of rotatable bonds is 3. The van der Waals surface area contributed by atoms with E-state index in [1.165, 1.54) is 0 Å². The number of aryl methyl sites for hydroxylation is 2. The number of aromatic nitrogens is 1. The zero-order chi connectivity index (χ0) is 22.9. The van der Waals surface area contributed by atoms with E-state index in [0.717, 1.165) is 27.9 Å². The highest BCUT2D eigenvalue weighted by Gasteiger charge is 2.28. The van der Waals surface area contributed by atoms with E-state index in [1.54, 1.807) is 29.3 Å². The van der Waals surface area contributed by atoms with E-state index in [2.05, 4.69) is 10.5 Å². The number of nitrogens with zero attached hydrogens (tertiary/aromatic N) is 2. The molecule has 164 valence electrons. The first kappa shape index (κ1) is 20.7. The average Bonchev–Trinajstić information content (AvgIpc) is 3.22. The van der Waals surface area contributed by atoms with E-state index < -0.39 is 0 Å². The maximum Gasteiger partial charge on any atom is 0.258 e. The van der Waals surface area contributed by atoms with Crippen LogP contribution in [0.2, 0.25) is 0 Å². The van der Waals surface area contributed by atoms with Gasteiger partial charge in [-0.05, 0) is 67.8 Å². The van der Waals surface area contributed by atoms with Gasteiger partial charge in [0.2, 0.25) is 0 Å². The lowest BCUT2D eigenvalue weighted by Gasteiger charge is -2.24. The fourth-order valence-electron chi connectivity index (χ4n) is 4.28. The first-order valence-corrected chi connectivity index (χ1v) is 10.9. The van der Waals surface area contributed by atoms with Gasteiger partial charge in [0.15, 0.2) is 5.76 Å². The molecule has 1 aliphatic rings. The van der Waals surface area contributed by atoms with Crippen molar-refractivity contribution in [3.05, 3.63) is 101 Å². The molecule has 0 aliphatic carbocycles. The molecule has 0 unspecified atom stereocenters. The van der Waals surface area contributed by atoms with Crippen molar-refractivity contribution in [2.24, 2.45) is 0 Å². The van der Waals surface area contributed by atoms with E-state index in [4.69, 9.17) is 4.52 Å². The van der Waals surface area contributed by atoms with Gasteiger partial charge in [-0.25, -0.2) is 0 Å². The van der Waals surface area contributed by atoms with Gasteiger partial charge < -0.3 is 14.7 Å². The molecule has 0 fully saturated rings. The fraction of sp³-hybridized carbons (Fsp3) is 0.148. The van der Waals surface area contributed by atoms with Gasteiger partial charge >= 0.3 is 0 Å². The topological polar surface area (TPSA) is 75.4 Å². The number of fused-ring (bicyclic) bond motifs is 3. The largest absolute Gasteiger partial charge is 0.356 e. The van der Waals surface area contributed by atoms with Crippen molar-refractivity contribution in [2.75, 3.05) is 16.8 Å². The number of nitrogens with one attached hydrogen (secondary N) is 1. The van der Waals surface area contributed by atoms with E-state index >= 15 is 0 Å². The molecular formula is C27H23N3O3. The Labute approximate surface area is 191 Å². The summed E-state index contributed by atoms with van der Waals surface area (Å²) in [7, 11) is 0. The summed E-state index contributed by atoms with van der Waals surface area (Å²) < 4.78 is 5.49. The Hall–Kier alpha value is -4.19. The first-order chi connectivity index (χ1) is 16.0. The second kappa shape index (κ2) is 8.39. The van der Waals surface area contributed by atoms with E-state index in [0.29, 0.717) is 35.5 Å². The van der Waals surface area contributed by atoms with Crippen LogP contribution in [0.4, 0.5) is 11.4 Å². The van der Waals surface area contributed by atoms with Crippen LogP contribution in [0, 0.1) is 13.8 Å². The van der Waals surface area contributed by atoms with E-state index in [-0.39, 0.29) is 11.8 Å². The summed E-state index contributed by atoms with van der Waals surface area (Å²) >= 11 is 0. The van der Waals surface area contributed by atoms with Crippen LogP contribution in [0.25, 0.3) is 11.3 Å². The molecule has 5 rings (SSSR count). The van der Waals surface area contributed by atoms with Gasteiger partial charge in [-0.2, -0.15) is 0 Å². The number of benzene rings is 3. The Morgan fingerprint density at radius 2 is 1.73 bits per heavy atom. The summed E-state index contributed by atoms with van der Waals surface area (Å²) in [5.41, 5.74) is 6.22.